The maximum absolute atomic E-state index is 13.8. The molecule has 2 atom stereocenters. The van der Waals surface area contributed by atoms with E-state index in [9.17, 15) is 23.1 Å². The highest BCUT2D eigenvalue weighted by atomic mass is 127. The van der Waals surface area contributed by atoms with Gasteiger partial charge >= 0.3 is 6.18 Å². The fourth-order valence-electron chi connectivity index (χ4n) is 2.68. The van der Waals surface area contributed by atoms with Gasteiger partial charge in [-0.2, -0.15) is 18.4 Å². The molecule has 0 saturated heterocycles. The van der Waals surface area contributed by atoms with Crippen molar-refractivity contribution in [3.63, 3.8) is 0 Å². The van der Waals surface area contributed by atoms with Crippen molar-refractivity contribution in [3.05, 3.63) is 59.1 Å². The predicted octanol–water partition coefficient (Wildman–Crippen LogP) is 4.81. The first-order valence-corrected chi connectivity index (χ1v) is 11.4. The first-order valence-electron chi connectivity index (χ1n) is 8.42. The van der Waals surface area contributed by atoms with Crippen molar-refractivity contribution >= 4 is 67.0 Å². The Morgan fingerprint density at radius 1 is 1.20 bits per heavy atom. The number of benzene rings is 2. The molecule has 1 amide bonds. The summed E-state index contributed by atoms with van der Waals surface area (Å²) in [6, 6.07) is 7.24. The normalized spacial score (nSPS) is 13.4. The zero-order valence-corrected chi connectivity index (χ0v) is 21.0. The number of nitrogens with one attached hydrogen (secondary N) is 2. The summed E-state index contributed by atoms with van der Waals surface area (Å²) in [5.41, 5.74) is 0.529. The van der Waals surface area contributed by atoms with Crippen LogP contribution in [-0.4, -0.2) is 29.8 Å². The maximum atomic E-state index is 13.8. The Labute approximate surface area is 206 Å². The molecule has 0 heterocycles. The van der Waals surface area contributed by atoms with Gasteiger partial charge in [0.2, 0.25) is 5.91 Å². The van der Waals surface area contributed by atoms with Gasteiger partial charge in [0.15, 0.2) is 0 Å². The Morgan fingerprint density at radius 2 is 1.77 bits per heavy atom. The number of alkyl halides is 3. The van der Waals surface area contributed by atoms with Gasteiger partial charge in [0.25, 0.3) is 0 Å². The lowest BCUT2D eigenvalue weighted by atomic mass is 10.0. The van der Waals surface area contributed by atoms with Gasteiger partial charge in [0.05, 0.1) is 19.3 Å². The molecule has 2 rings (SSSR count). The third-order valence-electron chi connectivity index (χ3n) is 4.07. The van der Waals surface area contributed by atoms with E-state index in [4.69, 9.17) is 5.26 Å². The van der Waals surface area contributed by atoms with Crippen LogP contribution in [0.2, 0.25) is 0 Å². The first kappa shape index (κ1) is 25.2. The third kappa shape index (κ3) is 6.96. The number of phenolic OH excluding ortho intramolecular Hbond substituents is 1. The summed E-state index contributed by atoms with van der Waals surface area (Å²) in [7, 11) is 0. The van der Waals surface area contributed by atoms with E-state index in [2.05, 4.69) is 26.6 Å². The van der Waals surface area contributed by atoms with Crippen molar-refractivity contribution in [2.45, 2.75) is 24.7 Å². The van der Waals surface area contributed by atoms with E-state index in [-0.39, 0.29) is 24.3 Å². The van der Waals surface area contributed by atoms with Crippen LogP contribution in [0.3, 0.4) is 0 Å². The molecule has 2 aromatic carbocycles. The molecule has 11 heteroatoms. The maximum Gasteiger partial charge on any atom is 0.407 e. The lowest BCUT2D eigenvalue weighted by Gasteiger charge is -2.27. The highest BCUT2D eigenvalue weighted by molar-refractivity contribution is 14.1. The molecule has 3 N–H and O–H groups in total. The summed E-state index contributed by atoms with van der Waals surface area (Å²) in [5.74, 6) is -0.651. The van der Waals surface area contributed by atoms with E-state index in [0.29, 0.717) is 17.2 Å². The summed E-state index contributed by atoms with van der Waals surface area (Å²) in [6.07, 6.45) is -4.72. The quantitative estimate of drug-likeness (QED) is 0.285. The van der Waals surface area contributed by atoms with Crippen LogP contribution < -0.4 is 10.6 Å². The van der Waals surface area contributed by atoms with Crippen molar-refractivity contribution in [2.24, 2.45) is 0 Å². The van der Waals surface area contributed by atoms with Crippen LogP contribution in [0.1, 0.15) is 17.2 Å². The molecule has 0 aliphatic heterocycles. The van der Waals surface area contributed by atoms with E-state index < -0.39 is 24.2 Å². The Bertz CT molecular complexity index is 927. The Kier molecular flexibility index (Phi) is 9.19. The average molecular weight is 708 g/mol. The molecule has 0 fully saturated rings. The number of carbonyl (C=O) groups is 1. The summed E-state index contributed by atoms with van der Waals surface area (Å²) in [5, 5.41) is 23.4. The van der Waals surface area contributed by atoms with Crippen LogP contribution in [0.15, 0.2) is 40.9 Å². The van der Waals surface area contributed by atoms with Crippen LogP contribution in [0.4, 0.5) is 13.2 Å². The molecular weight excluding hydrogens is 693 g/mol. The van der Waals surface area contributed by atoms with Crippen LogP contribution in [0.5, 0.6) is 5.75 Å². The third-order valence-corrected chi connectivity index (χ3v) is 6.25. The van der Waals surface area contributed by atoms with Crippen molar-refractivity contribution in [3.8, 4) is 11.8 Å². The number of amides is 1. The number of nitrogens with zero attached hydrogens (tertiary/aromatic N) is 1. The van der Waals surface area contributed by atoms with E-state index in [1.807, 2.05) is 45.2 Å². The van der Waals surface area contributed by atoms with Gasteiger partial charge in [-0.1, -0.05) is 28.1 Å². The molecular formula is C19H15BrF3I2N3O2. The summed E-state index contributed by atoms with van der Waals surface area (Å²) < 4.78 is 43.1. The first-order chi connectivity index (χ1) is 14.0. The number of hydrogen-bond donors (Lipinski definition) is 3. The molecule has 0 spiro atoms. The van der Waals surface area contributed by atoms with Crippen molar-refractivity contribution in [1.82, 2.24) is 10.6 Å². The summed E-state index contributed by atoms with van der Waals surface area (Å²) in [6.45, 7) is -0.323. The standard InChI is InChI=1S/C19H15BrF3I2N3O2/c20-12-3-1-11(2-4-12)17(19(21,22)23)28-15(18(30)27-6-5-26)9-10-7-13(24)16(29)14(25)8-10/h1-4,7-8,15,17,28-29H,6,9H2,(H,27,30)/t15-,17-/m0/s1. The summed E-state index contributed by atoms with van der Waals surface area (Å²) >= 11 is 7.01. The van der Waals surface area contributed by atoms with Gasteiger partial charge in [-0.05, 0) is 87.0 Å². The molecule has 0 saturated carbocycles. The monoisotopic (exact) mass is 707 g/mol. The van der Waals surface area contributed by atoms with E-state index in [0.717, 1.165) is 0 Å². The lowest BCUT2D eigenvalue weighted by Crippen LogP contribution is -2.50. The van der Waals surface area contributed by atoms with Crippen LogP contribution in [0.25, 0.3) is 0 Å². The predicted molar refractivity (Wildman–Crippen MR) is 126 cm³/mol. The second-order valence-electron chi connectivity index (χ2n) is 6.23. The fourth-order valence-corrected chi connectivity index (χ4v) is 4.85. The zero-order chi connectivity index (χ0) is 22.5. The highest BCUT2D eigenvalue weighted by Crippen LogP contribution is 2.34. The highest BCUT2D eigenvalue weighted by Gasteiger charge is 2.42. The van der Waals surface area contributed by atoms with E-state index >= 15 is 0 Å². The molecule has 160 valence electrons. The van der Waals surface area contributed by atoms with Gasteiger partial charge in [-0.25, -0.2) is 0 Å². The molecule has 0 aliphatic carbocycles. The van der Waals surface area contributed by atoms with Crippen LogP contribution in [0, 0.1) is 18.5 Å². The van der Waals surface area contributed by atoms with Crippen molar-refractivity contribution in [2.75, 3.05) is 6.54 Å². The minimum absolute atomic E-state index is 0.0429. The molecule has 0 bridgehead atoms. The fraction of sp³-hybridized carbons (Fsp3) is 0.263. The Hall–Kier alpha value is -1.11. The molecule has 0 radical (unpaired) electrons. The number of rotatable bonds is 7. The second-order valence-corrected chi connectivity index (χ2v) is 9.47. The number of hydrogen-bond acceptors (Lipinski definition) is 4. The van der Waals surface area contributed by atoms with Gasteiger partial charge in [0.1, 0.15) is 18.3 Å². The van der Waals surface area contributed by atoms with Crippen LogP contribution >= 0.6 is 61.1 Å². The molecule has 2 aromatic rings. The molecule has 5 nitrogen and oxygen atoms in total. The smallest absolute Gasteiger partial charge is 0.407 e. The van der Waals surface area contributed by atoms with Gasteiger partial charge in [0, 0.05) is 4.47 Å². The Balaban J connectivity index is 2.38. The van der Waals surface area contributed by atoms with E-state index in [1.54, 1.807) is 18.2 Å². The van der Waals surface area contributed by atoms with Gasteiger partial charge in [-0.15, -0.1) is 0 Å². The number of phenols is 1. The molecule has 0 aliphatic rings. The SMILES string of the molecule is N#CCNC(=O)[C@H](Cc1cc(I)c(O)c(I)c1)N[C@@H](c1ccc(Br)cc1)C(F)(F)F. The van der Waals surface area contributed by atoms with Gasteiger partial charge in [-0.3, -0.25) is 10.1 Å². The van der Waals surface area contributed by atoms with Crippen molar-refractivity contribution in [1.29, 1.82) is 5.26 Å². The largest absolute Gasteiger partial charge is 0.506 e. The number of nitriles is 1. The average Bonchev–Trinajstić information content (AvgIpc) is 2.67. The van der Waals surface area contributed by atoms with Gasteiger partial charge < -0.3 is 10.4 Å². The topological polar surface area (TPSA) is 85.2 Å². The lowest BCUT2D eigenvalue weighted by molar-refractivity contribution is -0.160. The van der Waals surface area contributed by atoms with Crippen LogP contribution in [-0.2, 0) is 11.2 Å². The minimum atomic E-state index is -4.65. The molecule has 0 unspecified atom stereocenters. The molecule has 0 aromatic heterocycles. The minimum Gasteiger partial charge on any atom is -0.506 e. The Morgan fingerprint density at radius 3 is 2.27 bits per heavy atom. The zero-order valence-electron chi connectivity index (χ0n) is 15.1. The number of aromatic hydroxyl groups is 1. The second kappa shape index (κ2) is 11.0. The number of halogens is 6. The summed E-state index contributed by atoms with van der Waals surface area (Å²) in [4.78, 5) is 12.5. The molecule has 30 heavy (non-hydrogen) atoms. The van der Waals surface area contributed by atoms with Crippen molar-refractivity contribution < 1.29 is 23.1 Å². The van der Waals surface area contributed by atoms with E-state index in [1.165, 1.54) is 24.3 Å². The number of carbonyl (C=O) groups excluding carboxylic acids is 1.